The Kier molecular flexibility index (Phi) is 6.03. The lowest BCUT2D eigenvalue weighted by molar-refractivity contribution is -0.140. The number of pyridine rings is 1. The maximum atomic E-state index is 13.6. The molecule has 0 saturated heterocycles. The standard InChI is InChI=1S/C21H16F3NO5S/c1-13-10-16(31(28,29)15-7-3-2-4-8-15)12-25-20(13)30-17-9-5-6-14(11-18(26)27)19(17)21(22,23)24/h2-10,12H,11H2,1H3,(H,26,27). The number of carboxylic acids is 1. The molecule has 31 heavy (non-hydrogen) atoms. The Hall–Kier alpha value is -3.40. The van der Waals surface area contributed by atoms with Crippen molar-refractivity contribution in [2.24, 2.45) is 0 Å². The van der Waals surface area contributed by atoms with Crippen LogP contribution in [0.3, 0.4) is 0 Å². The number of aryl methyl sites for hydroxylation is 1. The summed E-state index contributed by atoms with van der Waals surface area (Å²) < 4.78 is 71.5. The van der Waals surface area contributed by atoms with Gasteiger partial charge in [-0.05, 0) is 36.8 Å². The van der Waals surface area contributed by atoms with Crippen LogP contribution in [0, 0.1) is 6.92 Å². The van der Waals surface area contributed by atoms with Crippen molar-refractivity contribution >= 4 is 15.8 Å². The van der Waals surface area contributed by atoms with E-state index in [4.69, 9.17) is 9.84 Å². The molecule has 0 atom stereocenters. The van der Waals surface area contributed by atoms with E-state index in [9.17, 15) is 26.4 Å². The Morgan fingerprint density at radius 3 is 2.32 bits per heavy atom. The predicted molar refractivity (Wildman–Crippen MR) is 104 cm³/mol. The number of halogens is 3. The van der Waals surface area contributed by atoms with Crippen LogP contribution in [0.5, 0.6) is 11.6 Å². The molecule has 0 aliphatic rings. The lowest BCUT2D eigenvalue weighted by atomic mass is 10.0. The highest BCUT2D eigenvalue weighted by Gasteiger charge is 2.38. The van der Waals surface area contributed by atoms with Crippen LogP contribution >= 0.6 is 0 Å². The Morgan fingerprint density at radius 1 is 1.06 bits per heavy atom. The van der Waals surface area contributed by atoms with Crippen LogP contribution < -0.4 is 4.74 Å². The first-order valence-corrected chi connectivity index (χ1v) is 10.3. The first kappa shape index (κ1) is 22.3. The Morgan fingerprint density at radius 2 is 1.74 bits per heavy atom. The molecule has 2 aromatic carbocycles. The zero-order chi connectivity index (χ0) is 22.8. The molecule has 0 radical (unpaired) electrons. The van der Waals surface area contributed by atoms with Crippen molar-refractivity contribution in [3.63, 3.8) is 0 Å². The number of aliphatic carboxylic acids is 1. The third kappa shape index (κ3) is 4.85. The lowest BCUT2D eigenvalue weighted by Crippen LogP contribution is -2.14. The number of carboxylic acid groups (broad SMARTS) is 1. The van der Waals surface area contributed by atoms with Gasteiger partial charge in [0.1, 0.15) is 11.3 Å². The van der Waals surface area contributed by atoms with E-state index >= 15 is 0 Å². The lowest BCUT2D eigenvalue weighted by Gasteiger charge is -2.17. The second-order valence-electron chi connectivity index (χ2n) is 6.57. The van der Waals surface area contributed by atoms with Crippen molar-refractivity contribution in [3.8, 4) is 11.6 Å². The summed E-state index contributed by atoms with van der Waals surface area (Å²) in [7, 11) is -3.87. The fourth-order valence-corrected chi connectivity index (χ4v) is 4.23. The number of hydrogen-bond acceptors (Lipinski definition) is 5. The van der Waals surface area contributed by atoms with Gasteiger partial charge in [0.25, 0.3) is 0 Å². The van der Waals surface area contributed by atoms with Gasteiger partial charge < -0.3 is 9.84 Å². The van der Waals surface area contributed by atoms with Gasteiger partial charge in [0.05, 0.1) is 16.2 Å². The number of aromatic nitrogens is 1. The van der Waals surface area contributed by atoms with Gasteiger partial charge in [-0.3, -0.25) is 4.79 Å². The zero-order valence-corrected chi connectivity index (χ0v) is 16.9. The number of rotatable bonds is 6. The fourth-order valence-electron chi connectivity index (χ4n) is 2.92. The number of carbonyl (C=O) groups is 1. The third-order valence-corrected chi connectivity index (χ3v) is 6.05. The Balaban J connectivity index is 2.01. The van der Waals surface area contributed by atoms with E-state index < -0.39 is 45.3 Å². The van der Waals surface area contributed by atoms with Gasteiger partial charge in [0.15, 0.2) is 0 Å². The van der Waals surface area contributed by atoms with Gasteiger partial charge >= 0.3 is 12.1 Å². The van der Waals surface area contributed by atoms with Gasteiger partial charge in [-0.1, -0.05) is 30.3 Å². The van der Waals surface area contributed by atoms with Crippen LogP contribution in [-0.2, 0) is 27.2 Å². The molecule has 3 rings (SSSR count). The van der Waals surface area contributed by atoms with Gasteiger partial charge in [-0.25, -0.2) is 13.4 Å². The summed E-state index contributed by atoms with van der Waals surface area (Å²) in [6.07, 6.45) is -4.71. The molecular formula is C21H16F3NO5S. The van der Waals surface area contributed by atoms with Crippen molar-refractivity contribution in [2.75, 3.05) is 0 Å². The van der Waals surface area contributed by atoms with Crippen molar-refractivity contribution in [1.82, 2.24) is 4.98 Å². The SMILES string of the molecule is Cc1cc(S(=O)(=O)c2ccccc2)cnc1Oc1cccc(CC(=O)O)c1C(F)(F)F. The molecule has 1 aromatic heterocycles. The molecular weight excluding hydrogens is 435 g/mol. The summed E-state index contributed by atoms with van der Waals surface area (Å²) >= 11 is 0. The van der Waals surface area contributed by atoms with Crippen LogP contribution in [0.15, 0.2) is 70.6 Å². The number of benzene rings is 2. The molecule has 0 aliphatic heterocycles. The second-order valence-corrected chi connectivity index (χ2v) is 8.52. The van der Waals surface area contributed by atoms with Gasteiger partial charge in [0.2, 0.25) is 15.7 Å². The average Bonchev–Trinajstić information content (AvgIpc) is 2.69. The Labute approximate surface area is 175 Å². The second kappa shape index (κ2) is 8.38. The molecule has 0 spiro atoms. The maximum absolute atomic E-state index is 13.6. The minimum atomic E-state index is -4.87. The van der Waals surface area contributed by atoms with E-state index in [1.807, 2.05) is 0 Å². The van der Waals surface area contributed by atoms with Gasteiger partial charge in [-0.15, -0.1) is 0 Å². The topological polar surface area (TPSA) is 93.6 Å². The van der Waals surface area contributed by atoms with E-state index in [-0.39, 0.29) is 21.2 Å². The fraction of sp³-hybridized carbons (Fsp3) is 0.143. The largest absolute Gasteiger partial charge is 0.481 e. The van der Waals surface area contributed by atoms with Crippen LogP contribution in [0.25, 0.3) is 0 Å². The van der Waals surface area contributed by atoms with E-state index in [0.717, 1.165) is 18.3 Å². The number of sulfone groups is 1. The van der Waals surface area contributed by atoms with E-state index in [2.05, 4.69) is 4.98 Å². The molecule has 6 nitrogen and oxygen atoms in total. The van der Waals surface area contributed by atoms with Crippen LogP contribution in [0.1, 0.15) is 16.7 Å². The highest BCUT2D eigenvalue weighted by atomic mass is 32.2. The van der Waals surface area contributed by atoms with Crippen LogP contribution in [-0.4, -0.2) is 24.5 Å². The molecule has 0 fully saturated rings. The normalized spacial score (nSPS) is 11.9. The molecule has 0 amide bonds. The van der Waals surface area contributed by atoms with E-state index in [1.165, 1.54) is 31.2 Å². The number of alkyl halides is 3. The minimum Gasteiger partial charge on any atom is -0.481 e. The monoisotopic (exact) mass is 451 g/mol. The van der Waals surface area contributed by atoms with Crippen molar-refractivity contribution < 1.29 is 36.2 Å². The summed E-state index contributed by atoms with van der Waals surface area (Å²) in [5.41, 5.74) is -1.49. The Bertz CT molecular complexity index is 1230. The summed E-state index contributed by atoms with van der Waals surface area (Å²) in [5.74, 6) is -2.28. The molecule has 1 heterocycles. The minimum absolute atomic E-state index is 0.0468. The average molecular weight is 451 g/mol. The third-order valence-electron chi connectivity index (χ3n) is 4.31. The predicted octanol–water partition coefficient (Wildman–Crippen LogP) is 4.66. The van der Waals surface area contributed by atoms with Gasteiger partial charge in [-0.2, -0.15) is 13.2 Å². The van der Waals surface area contributed by atoms with E-state index in [0.29, 0.717) is 0 Å². The maximum Gasteiger partial charge on any atom is 0.420 e. The van der Waals surface area contributed by atoms with Crippen LogP contribution in [0.2, 0.25) is 0 Å². The molecule has 0 unspecified atom stereocenters. The molecule has 0 aliphatic carbocycles. The van der Waals surface area contributed by atoms with Gasteiger partial charge in [0, 0.05) is 11.8 Å². The molecule has 0 saturated carbocycles. The first-order valence-electron chi connectivity index (χ1n) is 8.85. The number of hydrogen-bond donors (Lipinski definition) is 1. The summed E-state index contributed by atoms with van der Waals surface area (Å²) in [4.78, 5) is 14.7. The van der Waals surface area contributed by atoms with Crippen LogP contribution in [0.4, 0.5) is 13.2 Å². The number of ether oxygens (including phenoxy) is 1. The number of nitrogens with zero attached hydrogens (tertiary/aromatic N) is 1. The smallest absolute Gasteiger partial charge is 0.420 e. The zero-order valence-electron chi connectivity index (χ0n) is 16.1. The highest BCUT2D eigenvalue weighted by molar-refractivity contribution is 7.91. The van der Waals surface area contributed by atoms with Crippen molar-refractivity contribution in [1.29, 1.82) is 0 Å². The highest BCUT2D eigenvalue weighted by Crippen LogP contribution is 2.41. The molecule has 162 valence electrons. The van der Waals surface area contributed by atoms with E-state index in [1.54, 1.807) is 18.2 Å². The molecule has 1 N–H and O–H groups in total. The molecule has 10 heteroatoms. The quantitative estimate of drug-likeness (QED) is 0.586. The molecule has 3 aromatic rings. The first-order chi connectivity index (χ1) is 14.5. The summed E-state index contributed by atoms with van der Waals surface area (Å²) in [6.45, 7) is 1.45. The van der Waals surface area contributed by atoms with Crippen molar-refractivity contribution in [3.05, 3.63) is 77.5 Å². The van der Waals surface area contributed by atoms with Crippen molar-refractivity contribution in [2.45, 2.75) is 29.3 Å². The molecule has 0 bridgehead atoms. The summed E-state index contributed by atoms with van der Waals surface area (Å²) in [6, 6.07) is 12.2. The summed E-state index contributed by atoms with van der Waals surface area (Å²) in [5, 5.41) is 8.91.